The Hall–Kier alpha value is -1.81. The van der Waals surface area contributed by atoms with Crippen LogP contribution in [0.25, 0.3) is 0 Å². The molecular formula is C13H14ClN3O. The Morgan fingerprint density at radius 1 is 1.22 bits per heavy atom. The third-order valence-electron chi connectivity index (χ3n) is 2.57. The highest BCUT2D eigenvalue weighted by Crippen LogP contribution is 2.27. The third kappa shape index (κ3) is 2.90. The highest BCUT2D eigenvalue weighted by atomic mass is 35.5. The van der Waals surface area contributed by atoms with Gasteiger partial charge in [-0.05, 0) is 12.1 Å². The van der Waals surface area contributed by atoms with Gasteiger partial charge in [-0.2, -0.15) is 0 Å². The molecule has 94 valence electrons. The van der Waals surface area contributed by atoms with Crippen molar-refractivity contribution < 1.29 is 4.74 Å². The van der Waals surface area contributed by atoms with Crippen molar-refractivity contribution in [2.24, 2.45) is 0 Å². The molecule has 0 aliphatic rings. The summed E-state index contributed by atoms with van der Waals surface area (Å²) in [5, 5.41) is 0.402. The molecule has 2 aromatic rings. The van der Waals surface area contributed by atoms with Gasteiger partial charge in [0.25, 0.3) is 0 Å². The van der Waals surface area contributed by atoms with E-state index in [1.165, 1.54) is 0 Å². The first kappa shape index (κ1) is 12.6. The minimum Gasteiger partial charge on any atom is -0.495 e. The van der Waals surface area contributed by atoms with Crippen LogP contribution >= 0.6 is 11.6 Å². The molecule has 0 unspecified atom stereocenters. The maximum atomic E-state index is 5.71. The number of methoxy groups -OCH3 is 1. The van der Waals surface area contributed by atoms with Crippen molar-refractivity contribution in [2.45, 2.75) is 6.54 Å². The van der Waals surface area contributed by atoms with E-state index in [0.29, 0.717) is 11.7 Å². The van der Waals surface area contributed by atoms with Crippen molar-refractivity contribution in [2.75, 3.05) is 19.1 Å². The molecule has 0 amide bonds. The molecule has 0 radical (unpaired) electrons. The van der Waals surface area contributed by atoms with Crippen LogP contribution in [0.15, 0.2) is 36.7 Å². The van der Waals surface area contributed by atoms with Crippen molar-refractivity contribution in [1.82, 2.24) is 9.97 Å². The van der Waals surface area contributed by atoms with Crippen LogP contribution in [0.3, 0.4) is 0 Å². The molecule has 0 spiro atoms. The van der Waals surface area contributed by atoms with Gasteiger partial charge in [0.2, 0.25) is 0 Å². The Kier molecular flexibility index (Phi) is 3.99. The molecule has 1 heterocycles. The number of hydrogen-bond donors (Lipinski definition) is 0. The Morgan fingerprint density at radius 3 is 2.67 bits per heavy atom. The van der Waals surface area contributed by atoms with Gasteiger partial charge in [-0.15, -0.1) is 0 Å². The monoisotopic (exact) mass is 263 g/mol. The number of benzene rings is 1. The predicted molar refractivity (Wildman–Crippen MR) is 72.1 cm³/mol. The zero-order valence-electron chi connectivity index (χ0n) is 10.3. The first-order valence-corrected chi connectivity index (χ1v) is 5.89. The third-order valence-corrected chi connectivity index (χ3v) is 2.76. The van der Waals surface area contributed by atoms with Gasteiger partial charge in [-0.3, -0.25) is 4.98 Å². The van der Waals surface area contributed by atoms with Gasteiger partial charge in [0.05, 0.1) is 37.4 Å². The molecule has 0 aliphatic heterocycles. The molecule has 4 nitrogen and oxygen atoms in total. The maximum absolute atomic E-state index is 5.71. The first-order valence-electron chi connectivity index (χ1n) is 5.51. The molecule has 0 saturated carbocycles. The van der Waals surface area contributed by atoms with Crippen molar-refractivity contribution in [3.63, 3.8) is 0 Å². The minimum atomic E-state index is 0.402. The smallest absolute Gasteiger partial charge is 0.147 e. The summed E-state index contributed by atoms with van der Waals surface area (Å²) in [5.74, 6) is 0.835. The minimum absolute atomic E-state index is 0.402. The van der Waals surface area contributed by atoms with Crippen LogP contribution in [0, 0.1) is 0 Å². The van der Waals surface area contributed by atoms with E-state index in [1.54, 1.807) is 19.5 Å². The van der Waals surface area contributed by atoms with Gasteiger partial charge in [0.15, 0.2) is 0 Å². The maximum Gasteiger partial charge on any atom is 0.147 e. The second-order valence-electron chi connectivity index (χ2n) is 3.86. The average molecular weight is 264 g/mol. The van der Waals surface area contributed by atoms with Gasteiger partial charge in [-0.25, -0.2) is 4.98 Å². The summed E-state index contributed by atoms with van der Waals surface area (Å²) in [6.45, 7) is 0.643. The van der Waals surface area contributed by atoms with Gasteiger partial charge in [0, 0.05) is 7.05 Å². The number of para-hydroxylation sites is 2. The molecular weight excluding hydrogens is 250 g/mol. The van der Waals surface area contributed by atoms with E-state index in [0.717, 1.165) is 17.1 Å². The largest absolute Gasteiger partial charge is 0.495 e. The van der Waals surface area contributed by atoms with Gasteiger partial charge >= 0.3 is 0 Å². The average Bonchev–Trinajstić information content (AvgIpc) is 2.41. The quantitative estimate of drug-likeness (QED) is 0.850. The Labute approximate surface area is 111 Å². The zero-order chi connectivity index (χ0) is 13.0. The second-order valence-corrected chi connectivity index (χ2v) is 4.25. The number of aromatic nitrogens is 2. The molecule has 0 bridgehead atoms. The summed E-state index contributed by atoms with van der Waals surface area (Å²) in [5.41, 5.74) is 1.87. The van der Waals surface area contributed by atoms with Crippen LogP contribution in [-0.2, 0) is 6.54 Å². The van der Waals surface area contributed by atoms with Gasteiger partial charge in [0.1, 0.15) is 10.9 Å². The zero-order valence-corrected chi connectivity index (χ0v) is 11.1. The molecule has 0 N–H and O–H groups in total. The molecule has 1 aromatic heterocycles. The van der Waals surface area contributed by atoms with E-state index in [2.05, 4.69) is 14.9 Å². The number of hydrogen-bond acceptors (Lipinski definition) is 4. The number of nitrogens with zero attached hydrogens (tertiary/aromatic N) is 3. The normalized spacial score (nSPS) is 10.2. The summed E-state index contributed by atoms with van der Waals surface area (Å²) < 4.78 is 5.32. The summed E-state index contributed by atoms with van der Waals surface area (Å²) in [7, 11) is 3.64. The van der Waals surface area contributed by atoms with Crippen LogP contribution in [0.1, 0.15) is 5.69 Å². The number of ether oxygens (including phenoxy) is 1. The molecule has 2 rings (SSSR count). The van der Waals surface area contributed by atoms with E-state index >= 15 is 0 Å². The Morgan fingerprint density at radius 2 is 2.00 bits per heavy atom. The molecule has 0 atom stereocenters. The fourth-order valence-corrected chi connectivity index (χ4v) is 1.79. The highest BCUT2D eigenvalue weighted by molar-refractivity contribution is 6.29. The van der Waals surface area contributed by atoms with Crippen LogP contribution < -0.4 is 9.64 Å². The standard InChI is InChI=1S/C13H14ClN3O/c1-17(9-10-7-16-13(14)8-15-10)11-5-3-4-6-12(11)18-2/h3-8H,9H2,1-2H3. The number of anilines is 1. The fourth-order valence-electron chi connectivity index (χ4n) is 1.69. The predicted octanol–water partition coefficient (Wildman–Crippen LogP) is 2.78. The SMILES string of the molecule is COc1ccccc1N(C)Cc1cnc(Cl)cn1. The van der Waals surface area contributed by atoms with Gasteiger partial charge in [-0.1, -0.05) is 23.7 Å². The van der Waals surface area contributed by atoms with E-state index < -0.39 is 0 Å². The van der Waals surface area contributed by atoms with E-state index in [1.807, 2.05) is 31.3 Å². The van der Waals surface area contributed by atoms with Crippen LogP contribution in [-0.4, -0.2) is 24.1 Å². The van der Waals surface area contributed by atoms with E-state index in [4.69, 9.17) is 16.3 Å². The van der Waals surface area contributed by atoms with Crippen LogP contribution in [0.4, 0.5) is 5.69 Å². The van der Waals surface area contributed by atoms with Crippen molar-refractivity contribution in [3.8, 4) is 5.75 Å². The van der Waals surface area contributed by atoms with Crippen LogP contribution in [0.2, 0.25) is 5.15 Å². The summed E-state index contributed by atoms with van der Waals surface area (Å²) in [6, 6.07) is 7.85. The lowest BCUT2D eigenvalue weighted by Gasteiger charge is -2.21. The summed E-state index contributed by atoms with van der Waals surface area (Å²) in [4.78, 5) is 10.3. The number of rotatable bonds is 4. The van der Waals surface area contributed by atoms with E-state index in [-0.39, 0.29) is 0 Å². The second kappa shape index (κ2) is 5.69. The van der Waals surface area contributed by atoms with Crippen LogP contribution in [0.5, 0.6) is 5.75 Å². The molecule has 18 heavy (non-hydrogen) atoms. The van der Waals surface area contributed by atoms with Crippen molar-refractivity contribution >= 4 is 17.3 Å². The molecule has 0 fully saturated rings. The molecule has 0 aliphatic carbocycles. The molecule has 0 saturated heterocycles. The first-order chi connectivity index (χ1) is 8.70. The van der Waals surface area contributed by atoms with Gasteiger partial charge < -0.3 is 9.64 Å². The van der Waals surface area contributed by atoms with Crippen molar-refractivity contribution in [3.05, 3.63) is 47.5 Å². The highest BCUT2D eigenvalue weighted by Gasteiger charge is 2.08. The summed E-state index contributed by atoms with van der Waals surface area (Å²) >= 11 is 5.71. The number of halogens is 1. The lowest BCUT2D eigenvalue weighted by atomic mass is 10.2. The Bertz CT molecular complexity index is 516. The molecule has 5 heteroatoms. The topological polar surface area (TPSA) is 38.2 Å². The van der Waals surface area contributed by atoms with Crippen molar-refractivity contribution in [1.29, 1.82) is 0 Å². The summed E-state index contributed by atoms with van der Waals surface area (Å²) in [6.07, 6.45) is 3.22. The van der Waals surface area contributed by atoms with E-state index in [9.17, 15) is 0 Å². The molecule has 1 aromatic carbocycles. The Balaban J connectivity index is 2.16. The fraction of sp³-hybridized carbons (Fsp3) is 0.231. The lowest BCUT2D eigenvalue weighted by molar-refractivity contribution is 0.414. The lowest BCUT2D eigenvalue weighted by Crippen LogP contribution is -2.18.